The standard InChI is InChI=1S/C15H26N4O8S/c1-28-5-4-8(16)13(24)17-6-11(21)18-10(7-20)14(25)19-9(15(26)27)2-3-12(22)23/h8-10,20H,2-7,16H2,1H3,(H,17,24)(H,18,21)(H,19,25)(H,22,23)(H,26,27). The fraction of sp³-hybridized carbons (Fsp3) is 0.667. The fourth-order valence-corrected chi connectivity index (χ4v) is 2.40. The van der Waals surface area contributed by atoms with E-state index in [2.05, 4.69) is 10.6 Å². The molecule has 0 bridgehead atoms. The summed E-state index contributed by atoms with van der Waals surface area (Å²) in [6, 6.07) is -3.76. The Balaban J connectivity index is 4.58. The summed E-state index contributed by atoms with van der Waals surface area (Å²) in [4.78, 5) is 57.2. The monoisotopic (exact) mass is 422 g/mol. The molecule has 13 heteroatoms. The van der Waals surface area contributed by atoms with Gasteiger partial charge in [0.15, 0.2) is 0 Å². The lowest BCUT2D eigenvalue weighted by atomic mass is 10.1. The minimum atomic E-state index is -1.50. The van der Waals surface area contributed by atoms with Gasteiger partial charge in [-0.05, 0) is 24.9 Å². The Morgan fingerprint density at radius 2 is 1.64 bits per heavy atom. The van der Waals surface area contributed by atoms with Gasteiger partial charge in [-0.15, -0.1) is 0 Å². The molecular weight excluding hydrogens is 396 g/mol. The van der Waals surface area contributed by atoms with Crippen molar-refractivity contribution in [1.29, 1.82) is 0 Å². The molecule has 0 radical (unpaired) electrons. The summed E-state index contributed by atoms with van der Waals surface area (Å²) in [7, 11) is 0. The summed E-state index contributed by atoms with van der Waals surface area (Å²) in [6.07, 6.45) is 1.42. The van der Waals surface area contributed by atoms with Crippen molar-refractivity contribution in [1.82, 2.24) is 16.0 Å². The van der Waals surface area contributed by atoms with E-state index >= 15 is 0 Å². The van der Waals surface area contributed by atoms with Crippen molar-refractivity contribution in [2.24, 2.45) is 5.73 Å². The number of carbonyl (C=O) groups excluding carboxylic acids is 3. The number of carboxylic acid groups (broad SMARTS) is 2. The number of aliphatic hydroxyl groups is 1. The maximum atomic E-state index is 12.0. The second-order valence-electron chi connectivity index (χ2n) is 5.74. The normalized spacial score (nSPS) is 13.7. The van der Waals surface area contributed by atoms with Crippen molar-refractivity contribution in [3.63, 3.8) is 0 Å². The third kappa shape index (κ3) is 10.7. The van der Waals surface area contributed by atoms with Crippen LogP contribution >= 0.6 is 11.8 Å². The van der Waals surface area contributed by atoms with Gasteiger partial charge in [-0.3, -0.25) is 19.2 Å². The molecule has 3 unspecified atom stereocenters. The quantitative estimate of drug-likeness (QED) is 0.152. The van der Waals surface area contributed by atoms with Gasteiger partial charge in [0.1, 0.15) is 12.1 Å². The average Bonchev–Trinajstić information content (AvgIpc) is 2.64. The molecule has 0 spiro atoms. The SMILES string of the molecule is CSCCC(N)C(=O)NCC(=O)NC(CO)C(=O)NC(CCC(=O)O)C(=O)O. The van der Waals surface area contributed by atoms with Crippen molar-refractivity contribution >= 4 is 41.4 Å². The van der Waals surface area contributed by atoms with Gasteiger partial charge >= 0.3 is 11.9 Å². The molecule has 0 aliphatic rings. The molecule has 3 amide bonds. The molecule has 0 saturated carbocycles. The first-order valence-corrected chi connectivity index (χ1v) is 9.69. The Kier molecular flexibility index (Phi) is 12.6. The maximum absolute atomic E-state index is 12.0. The van der Waals surface area contributed by atoms with Crippen LogP contribution in [0.3, 0.4) is 0 Å². The molecule has 0 aliphatic carbocycles. The third-order valence-electron chi connectivity index (χ3n) is 3.49. The van der Waals surface area contributed by atoms with Crippen molar-refractivity contribution in [3.05, 3.63) is 0 Å². The van der Waals surface area contributed by atoms with Gasteiger partial charge in [0.2, 0.25) is 17.7 Å². The molecule has 0 saturated heterocycles. The molecule has 8 N–H and O–H groups in total. The lowest BCUT2D eigenvalue weighted by Gasteiger charge is -2.20. The number of hydrogen-bond acceptors (Lipinski definition) is 8. The van der Waals surface area contributed by atoms with Crippen LogP contribution in [-0.4, -0.2) is 88.3 Å². The van der Waals surface area contributed by atoms with E-state index in [-0.39, 0.29) is 6.42 Å². The number of nitrogens with two attached hydrogens (primary N) is 1. The first kappa shape index (κ1) is 25.6. The van der Waals surface area contributed by atoms with Gasteiger partial charge in [-0.25, -0.2) is 4.79 Å². The van der Waals surface area contributed by atoms with Crippen molar-refractivity contribution in [2.45, 2.75) is 37.4 Å². The molecule has 28 heavy (non-hydrogen) atoms. The smallest absolute Gasteiger partial charge is 0.326 e. The zero-order chi connectivity index (χ0) is 21.7. The molecule has 3 atom stereocenters. The summed E-state index contributed by atoms with van der Waals surface area (Å²) in [5.41, 5.74) is 5.64. The first-order valence-electron chi connectivity index (χ1n) is 8.29. The van der Waals surface area contributed by atoms with Gasteiger partial charge in [-0.2, -0.15) is 11.8 Å². The van der Waals surface area contributed by atoms with Crippen molar-refractivity contribution < 1.29 is 39.3 Å². The van der Waals surface area contributed by atoms with Crippen LogP contribution in [0.1, 0.15) is 19.3 Å². The summed E-state index contributed by atoms with van der Waals surface area (Å²) < 4.78 is 0. The molecule has 0 aromatic carbocycles. The molecular formula is C15H26N4O8S. The minimum Gasteiger partial charge on any atom is -0.481 e. The van der Waals surface area contributed by atoms with Crippen molar-refractivity contribution in [2.75, 3.05) is 25.2 Å². The second-order valence-corrected chi connectivity index (χ2v) is 6.73. The maximum Gasteiger partial charge on any atom is 0.326 e. The lowest BCUT2D eigenvalue weighted by molar-refractivity contribution is -0.143. The number of amides is 3. The van der Waals surface area contributed by atoms with Crippen LogP contribution < -0.4 is 21.7 Å². The number of aliphatic carboxylic acids is 2. The van der Waals surface area contributed by atoms with E-state index in [1.54, 1.807) is 0 Å². The van der Waals surface area contributed by atoms with E-state index in [9.17, 15) is 29.1 Å². The van der Waals surface area contributed by atoms with Gasteiger partial charge in [-0.1, -0.05) is 0 Å². The number of rotatable bonds is 14. The molecule has 0 fully saturated rings. The molecule has 0 aliphatic heterocycles. The Hall–Kier alpha value is -2.38. The average molecular weight is 422 g/mol. The fourth-order valence-electron chi connectivity index (χ4n) is 1.91. The predicted octanol–water partition coefficient (Wildman–Crippen LogP) is -2.91. The van der Waals surface area contributed by atoms with Gasteiger partial charge in [0.25, 0.3) is 0 Å². The second kappa shape index (κ2) is 13.7. The molecule has 0 rings (SSSR count). The van der Waals surface area contributed by atoms with E-state index in [0.717, 1.165) is 0 Å². The van der Waals surface area contributed by atoms with Gasteiger partial charge < -0.3 is 37.0 Å². The highest BCUT2D eigenvalue weighted by molar-refractivity contribution is 7.98. The molecule has 160 valence electrons. The Morgan fingerprint density at radius 3 is 2.14 bits per heavy atom. The molecule has 0 aromatic rings. The number of carbonyl (C=O) groups is 5. The van der Waals surface area contributed by atoms with Gasteiger partial charge in [0, 0.05) is 6.42 Å². The number of carboxylic acids is 2. The number of hydrogen-bond donors (Lipinski definition) is 7. The lowest BCUT2D eigenvalue weighted by Crippen LogP contribution is -2.55. The van der Waals surface area contributed by atoms with Gasteiger partial charge in [0.05, 0.1) is 19.2 Å². The summed E-state index contributed by atoms with van der Waals surface area (Å²) in [5.74, 6) is -4.37. The van der Waals surface area contributed by atoms with Crippen LogP contribution in [0, 0.1) is 0 Å². The van der Waals surface area contributed by atoms with Crippen LogP contribution in [0.5, 0.6) is 0 Å². The highest BCUT2D eigenvalue weighted by Crippen LogP contribution is 2.00. The number of thioether (sulfide) groups is 1. The van der Waals surface area contributed by atoms with E-state index in [1.165, 1.54) is 11.8 Å². The predicted molar refractivity (Wildman–Crippen MR) is 99.4 cm³/mol. The Morgan fingerprint density at radius 1 is 1.00 bits per heavy atom. The summed E-state index contributed by atoms with van der Waals surface area (Å²) in [6.45, 7) is -1.32. The van der Waals surface area contributed by atoms with Crippen molar-refractivity contribution in [3.8, 4) is 0 Å². The number of aliphatic hydroxyl groups excluding tert-OH is 1. The molecule has 0 heterocycles. The Labute approximate surface area is 165 Å². The zero-order valence-corrected chi connectivity index (χ0v) is 16.2. The topological polar surface area (TPSA) is 208 Å². The highest BCUT2D eigenvalue weighted by Gasteiger charge is 2.26. The summed E-state index contributed by atoms with van der Waals surface area (Å²) in [5, 5.41) is 33.3. The first-order chi connectivity index (χ1) is 13.1. The van der Waals surface area contributed by atoms with E-state index in [4.69, 9.17) is 15.9 Å². The van der Waals surface area contributed by atoms with Crippen LogP contribution in [-0.2, 0) is 24.0 Å². The van der Waals surface area contributed by atoms with Crippen LogP contribution in [0.2, 0.25) is 0 Å². The van der Waals surface area contributed by atoms with E-state index < -0.39 is 67.4 Å². The highest BCUT2D eigenvalue weighted by atomic mass is 32.2. The molecule has 0 aromatic heterocycles. The van der Waals surface area contributed by atoms with E-state index in [0.29, 0.717) is 12.2 Å². The minimum absolute atomic E-state index is 0.369. The summed E-state index contributed by atoms with van der Waals surface area (Å²) >= 11 is 1.51. The number of nitrogens with one attached hydrogen (secondary N) is 3. The third-order valence-corrected chi connectivity index (χ3v) is 4.13. The Bertz CT molecular complexity index is 574. The van der Waals surface area contributed by atoms with E-state index in [1.807, 2.05) is 11.6 Å². The van der Waals surface area contributed by atoms with Crippen LogP contribution in [0.15, 0.2) is 0 Å². The van der Waals surface area contributed by atoms with Crippen LogP contribution in [0.25, 0.3) is 0 Å². The largest absolute Gasteiger partial charge is 0.481 e. The molecule has 12 nitrogen and oxygen atoms in total. The van der Waals surface area contributed by atoms with Crippen LogP contribution in [0.4, 0.5) is 0 Å². The zero-order valence-electron chi connectivity index (χ0n) is 15.3.